The van der Waals surface area contributed by atoms with Crippen LogP contribution in [0.4, 0.5) is 4.39 Å². The number of hydrogen-bond acceptors (Lipinski definition) is 2. The van der Waals surface area contributed by atoms with Gasteiger partial charge in [-0.25, -0.2) is 4.39 Å². The molecule has 0 aliphatic rings. The van der Waals surface area contributed by atoms with Gasteiger partial charge in [0.25, 0.3) is 0 Å². The third kappa shape index (κ3) is 3.73. The molecule has 0 saturated carbocycles. The number of hydrogen-bond donors (Lipinski definition) is 1. The van der Waals surface area contributed by atoms with E-state index in [9.17, 15) is 14.3 Å². The van der Waals surface area contributed by atoms with Gasteiger partial charge >= 0.3 is 5.97 Å². The lowest BCUT2D eigenvalue weighted by Crippen LogP contribution is -2.15. The Labute approximate surface area is 126 Å². The Hall–Kier alpha value is -2.07. The van der Waals surface area contributed by atoms with E-state index in [1.54, 1.807) is 30.3 Å². The van der Waals surface area contributed by atoms with Crippen LogP contribution in [0, 0.1) is 5.82 Å². The summed E-state index contributed by atoms with van der Waals surface area (Å²) in [7, 11) is 1.44. The molecule has 0 radical (unpaired) electrons. The highest BCUT2D eigenvalue weighted by Crippen LogP contribution is 2.26. The van der Waals surface area contributed by atoms with Gasteiger partial charge in [0.2, 0.25) is 0 Å². The summed E-state index contributed by atoms with van der Waals surface area (Å²) in [5.74, 6) is -1.97. The summed E-state index contributed by atoms with van der Waals surface area (Å²) >= 11 is 5.88. The number of ether oxygens (including phenoxy) is 1. The van der Waals surface area contributed by atoms with E-state index in [0.29, 0.717) is 21.9 Å². The minimum Gasteiger partial charge on any atom is -0.497 e. The van der Waals surface area contributed by atoms with Gasteiger partial charge in [-0.15, -0.1) is 0 Å². The molecule has 0 heterocycles. The van der Waals surface area contributed by atoms with Crippen LogP contribution in [0.1, 0.15) is 17.0 Å². The molecule has 5 heteroatoms. The largest absolute Gasteiger partial charge is 0.497 e. The highest BCUT2D eigenvalue weighted by Gasteiger charge is 2.22. The van der Waals surface area contributed by atoms with Crippen LogP contribution in [0.5, 0.6) is 5.75 Å². The maximum Gasteiger partial charge on any atom is 0.311 e. The van der Waals surface area contributed by atoms with Gasteiger partial charge in [0.1, 0.15) is 11.6 Å². The summed E-state index contributed by atoms with van der Waals surface area (Å²) in [5.41, 5.74) is 0.869. The molecular formula is C16H14ClFO3. The molecule has 0 spiro atoms. The van der Waals surface area contributed by atoms with Crippen molar-refractivity contribution in [2.24, 2.45) is 0 Å². The predicted molar refractivity (Wildman–Crippen MR) is 78.5 cm³/mol. The van der Waals surface area contributed by atoms with Crippen molar-refractivity contribution in [3.8, 4) is 5.75 Å². The van der Waals surface area contributed by atoms with Crippen molar-refractivity contribution in [2.45, 2.75) is 12.3 Å². The predicted octanol–water partition coefficient (Wildman–Crippen LogP) is 3.90. The zero-order valence-electron chi connectivity index (χ0n) is 11.3. The van der Waals surface area contributed by atoms with E-state index in [4.69, 9.17) is 16.3 Å². The average Bonchev–Trinajstić information content (AvgIpc) is 2.45. The van der Waals surface area contributed by atoms with Crippen molar-refractivity contribution >= 4 is 17.6 Å². The van der Waals surface area contributed by atoms with Crippen LogP contribution in [-0.4, -0.2) is 18.2 Å². The molecule has 1 atom stereocenters. The first-order chi connectivity index (χ1) is 10.0. The molecule has 0 aromatic heterocycles. The second-order valence-corrected chi connectivity index (χ2v) is 5.04. The van der Waals surface area contributed by atoms with E-state index < -0.39 is 17.7 Å². The van der Waals surface area contributed by atoms with Gasteiger partial charge in [0.15, 0.2) is 0 Å². The van der Waals surface area contributed by atoms with E-state index >= 15 is 0 Å². The normalized spacial score (nSPS) is 12.0. The van der Waals surface area contributed by atoms with Gasteiger partial charge in [-0.2, -0.15) is 0 Å². The maximum absolute atomic E-state index is 14.0. The Morgan fingerprint density at radius 1 is 1.33 bits per heavy atom. The lowest BCUT2D eigenvalue weighted by atomic mass is 9.92. The molecule has 3 nitrogen and oxygen atoms in total. The lowest BCUT2D eigenvalue weighted by molar-refractivity contribution is -0.138. The fraction of sp³-hybridized carbons (Fsp3) is 0.188. The van der Waals surface area contributed by atoms with Crippen LogP contribution >= 0.6 is 11.6 Å². The van der Waals surface area contributed by atoms with E-state index in [0.717, 1.165) is 0 Å². The number of carbonyl (C=O) groups is 1. The summed E-state index contributed by atoms with van der Waals surface area (Å²) < 4.78 is 18.9. The molecule has 0 bridgehead atoms. The number of carboxylic acid groups (broad SMARTS) is 1. The molecule has 110 valence electrons. The van der Waals surface area contributed by atoms with Gasteiger partial charge in [0.05, 0.1) is 13.0 Å². The van der Waals surface area contributed by atoms with Crippen molar-refractivity contribution in [3.63, 3.8) is 0 Å². The first kappa shape index (κ1) is 15.3. The second-order valence-electron chi connectivity index (χ2n) is 4.61. The molecule has 0 amide bonds. The van der Waals surface area contributed by atoms with Crippen molar-refractivity contribution in [2.75, 3.05) is 7.11 Å². The third-order valence-electron chi connectivity index (χ3n) is 3.23. The number of benzene rings is 2. The van der Waals surface area contributed by atoms with E-state index in [-0.39, 0.29) is 6.42 Å². The number of methoxy groups -OCH3 is 1. The van der Waals surface area contributed by atoms with E-state index in [1.165, 1.54) is 19.2 Å². The van der Waals surface area contributed by atoms with E-state index in [1.807, 2.05) is 0 Å². The molecule has 21 heavy (non-hydrogen) atoms. The molecule has 0 aliphatic carbocycles. The minimum absolute atomic E-state index is 0.0471. The number of halogens is 2. The summed E-state index contributed by atoms with van der Waals surface area (Å²) in [6.45, 7) is 0. The number of aliphatic carboxylic acids is 1. The molecule has 1 unspecified atom stereocenters. The number of carboxylic acids is 1. The quantitative estimate of drug-likeness (QED) is 0.911. The van der Waals surface area contributed by atoms with Crippen molar-refractivity contribution in [1.29, 1.82) is 0 Å². The summed E-state index contributed by atoms with van der Waals surface area (Å²) in [4.78, 5) is 11.5. The fourth-order valence-corrected chi connectivity index (χ4v) is 2.31. The highest BCUT2D eigenvalue weighted by molar-refractivity contribution is 6.30. The maximum atomic E-state index is 14.0. The van der Waals surface area contributed by atoms with Crippen LogP contribution in [0.15, 0.2) is 42.5 Å². The van der Waals surface area contributed by atoms with Crippen LogP contribution in [0.25, 0.3) is 0 Å². The number of rotatable bonds is 5. The molecule has 1 N–H and O–H groups in total. The fourth-order valence-electron chi connectivity index (χ4n) is 2.11. The van der Waals surface area contributed by atoms with Crippen molar-refractivity contribution in [1.82, 2.24) is 0 Å². The first-order valence-electron chi connectivity index (χ1n) is 6.32. The average molecular weight is 309 g/mol. The Bertz CT molecular complexity index is 658. The summed E-state index contributed by atoms with van der Waals surface area (Å²) in [6, 6.07) is 11.0. The molecule has 0 fully saturated rings. The van der Waals surface area contributed by atoms with E-state index in [2.05, 4.69) is 0 Å². The van der Waals surface area contributed by atoms with Crippen LogP contribution < -0.4 is 4.74 Å². The standard InChI is InChI=1S/C16H14ClFO3/c1-21-13-6-5-11(15(18)9-13)8-14(16(19)20)10-3-2-4-12(17)7-10/h2-7,9,14H,8H2,1H3,(H,19,20). The van der Waals surface area contributed by atoms with Crippen LogP contribution in [0.3, 0.4) is 0 Å². The second kappa shape index (κ2) is 6.59. The van der Waals surface area contributed by atoms with Crippen LogP contribution in [-0.2, 0) is 11.2 Å². The molecule has 0 aliphatic heterocycles. The van der Waals surface area contributed by atoms with Crippen molar-refractivity contribution < 1.29 is 19.0 Å². The Kier molecular flexibility index (Phi) is 4.81. The summed E-state index contributed by atoms with van der Waals surface area (Å²) in [5, 5.41) is 9.83. The molecule has 0 saturated heterocycles. The third-order valence-corrected chi connectivity index (χ3v) is 3.47. The van der Waals surface area contributed by atoms with Gasteiger partial charge in [-0.05, 0) is 35.7 Å². The highest BCUT2D eigenvalue weighted by atomic mass is 35.5. The van der Waals surface area contributed by atoms with Crippen LogP contribution in [0.2, 0.25) is 5.02 Å². The van der Waals surface area contributed by atoms with Gasteiger partial charge in [-0.1, -0.05) is 29.8 Å². The Balaban J connectivity index is 2.31. The van der Waals surface area contributed by atoms with Crippen molar-refractivity contribution in [3.05, 3.63) is 64.4 Å². The smallest absolute Gasteiger partial charge is 0.311 e. The monoisotopic (exact) mass is 308 g/mol. The summed E-state index contributed by atoms with van der Waals surface area (Å²) in [6.07, 6.45) is 0.0471. The topological polar surface area (TPSA) is 46.5 Å². The lowest BCUT2D eigenvalue weighted by Gasteiger charge is -2.14. The SMILES string of the molecule is COc1ccc(CC(C(=O)O)c2cccc(Cl)c2)c(F)c1. The van der Waals surface area contributed by atoms with Gasteiger partial charge in [0, 0.05) is 11.1 Å². The Morgan fingerprint density at radius 3 is 2.67 bits per heavy atom. The molecular weight excluding hydrogens is 295 g/mol. The zero-order valence-corrected chi connectivity index (χ0v) is 12.1. The minimum atomic E-state index is -1.02. The zero-order chi connectivity index (χ0) is 15.4. The molecule has 2 rings (SSSR count). The molecule has 2 aromatic rings. The van der Waals surface area contributed by atoms with Gasteiger partial charge in [-0.3, -0.25) is 4.79 Å². The first-order valence-corrected chi connectivity index (χ1v) is 6.69. The Morgan fingerprint density at radius 2 is 2.10 bits per heavy atom. The molecule has 2 aromatic carbocycles. The van der Waals surface area contributed by atoms with Gasteiger partial charge < -0.3 is 9.84 Å².